The number of hydrogen-bond donors (Lipinski definition) is 2. The van der Waals surface area contributed by atoms with Gasteiger partial charge in [-0.15, -0.1) is 10.2 Å². The van der Waals surface area contributed by atoms with E-state index in [0.29, 0.717) is 12.4 Å². The molecule has 3 aromatic rings. The van der Waals surface area contributed by atoms with Crippen molar-refractivity contribution in [1.29, 1.82) is 0 Å². The molecule has 0 spiro atoms. The Balaban J connectivity index is 1.30. The topological polar surface area (TPSA) is 79.4 Å². The number of para-hydroxylation sites is 1. The first-order chi connectivity index (χ1) is 14.3. The number of amides is 1. The summed E-state index contributed by atoms with van der Waals surface area (Å²) in [5.74, 6) is 0.340. The molecule has 0 saturated carbocycles. The van der Waals surface area contributed by atoms with Crippen LogP contribution in [0.15, 0.2) is 66.7 Å². The van der Waals surface area contributed by atoms with Gasteiger partial charge in [-0.05, 0) is 42.0 Å². The summed E-state index contributed by atoms with van der Waals surface area (Å²) in [6, 6.07) is 21.2. The molecule has 148 valence electrons. The van der Waals surface area contributed by atoms with Crippen molar-refractivity contribution in [2.45, 2.75) is 6.54 Å². The Kier molecular flexibility index (Phi) is 5.97. The molecule has 0 atom stereocenters. The number of nitrogens with zero attached hydrogens (tertiary/aromatic N) is 3. The average molecular weight is 389 g/mol. The first-order valence-corrected chi connectivity index (χ1v) is 9.63. The fourth-order valence-corrected chi connectivity index (χ4v) is 3.10. The van der Waals surface area contributed by atoms with Crippen molar-refractivity contribution in [3.05, 3.63) is 78.0 Å². The van der Waals surface area contributed by atoms with Crippen molar-refractivity contribution in [3.8, 4) is 0 Å². The van der Waals surface area contributed by atoms with Crippen LogP contribution in [0.2, 0.25) is 0 Å². The summed E-state index contributed by atoms with van der Waals surface area (Å²) in [6.45, 7) is 4.05. The van der Waals surface area contributed by atoms with Crippen LogP contribution in [-0.4, -0.2) is 42.4 Å². The van der Waals surface area contributed by atoms with Crippen molar-refractivity contribution in [2.75, 3.05) is 41.8 Å². The lowest BCUT2D eigenvalue weighted by Crippen LogP contribution is -2.36. The second kappa shape index (κ2) is 9.16. The highest BCUT2D eigenvalue weighted by Gasteiger charge is 2.11. The SMILES string of the molecule is O=C(Nc1ccccc1)c1ccc(NCc2ccc(N3CCOCC3)cc2)nn1. The fraction of sp³-hybridized carbons (Fsp3) is 0.227. The highest BCUT2D eigenvalue weighted by atomic mass is 16.5. The van der Waals surface area contributed by atoms with Gasteiger partial charge in [0.15, 0.2) is 5.69 Å². The van der Waals surface area contributed by atoms with Gasteiger partial charge in [-0.1, -0.05) is 30.3 Å². The summed E-state index contributed by atoms with van der Waals surface area (Å²) in [4.78, 5) is 14.5. The van der Waals surface area contributed by atoms with E-state index in [1.165, 1.54) is 5.69 Å². The maximum atomic E-state index is 12.2. The van der Waals surface area contributed by atoms with E-state index in [-0.39, 0.29) is 11.6 Å². The van der Waals surface area contributed by atoms with Crippen molar-refractivity contribution in [1.82, 2.24) is 10.2 Å². The molecule has 7 heteroatoms. The molecule has 2 heterocycles. The number of hydrogen-bond acceptors (Lipinski definition) is 6. The van der Waals surface area contributed by atoms with Crippen LogP contribution in [0.4, 0.5) is 17.2 Å². The van der Waals surface area contributed by atoms with Gasteiger partial charge in [0, 0.05) is 31.0 Å². The normalized spacial score (nSPS) is 13.7. The zero-order valence-electron chi connectivity index (χ0n) is 16.0. The number of carbonyl (C=O) groups excluding carboxylic acids is 1. The Labute approximate surface area is 169 Å². The number of anilines is 3. The van der Waals surface area contributed by atoms with Crippen LogP contribution in [0.3, 0.4) is 0 Å². The summed E-state index contributed by atoms with van der Waals surface area (Å²) < 4.78 is 5.40. The van der Waals surface area contributed by atoms with Gasteiger partial charge in [0.2, 0.25) is 0 Å². The summed E-state index contributed by atoms with van der Waals surface area (Å²) in [5.41, 5.74) is 3.36. The smallest absolute Gasteiger partial charge is 0.276 e. The van der Waals surface area contributed by atoms with Crippen LogP contribution >= 0.6 is 0 Å². The Morgan fingerprint density at radius 2 is 1.69 bits per heavy atom. The second-order valence-corrected chi connectivity index (χ2v) is 6.74. The monoisotopic (exact) mass is 389 g/mol. The summed E-state index contributed by atoms with van der Waals surface area (Å²) in [6.07, 6.45) is 0. The van der Waals surface area contributed by atoms with Crippen LogP contribution in [0.25, 0.3) is 0 Å². The molecule has 7 nitrogen and oxygen atoms in total. The molecule has 0 bridgehead atoms. The van der Waals surface area contributed by atoms with Gasteiger partial charge in [-0.25, -0.2) is 0 Å². The van der Waals surface area contributed by atoms with E-state index in [1.807, 2.05) is 30.3 Å². The Hall–Kier alpha value is -3.45. The van der Waals surface area contributed by atoms with Gasteiger partial charge in [0.25, 0.3) is 5.91 Å². The van der Waals surface area contributed by atoms with Crippen LogP contribution < -0.4 is 15.5 Å². The van der Waals surface area contributed by atoms with Crippen molar-refractivity contribution in [2.24, 2.45) is 0 Å². The highest BCUT2D eigenvalue weighted by molar-refractivity contribution is 6.02. The largest absolute Gasteiger partial charge is 0.378 e. The maximum absolute atomic E-state index is 12.2. The van der Waals surface area contributed by atoms with E-state index in [9.17, 15) is 4.79 Å². The van der Waals surface area contributed by atoms with Gasteiger partial charge in [0.1, 0.15) is 5.82 Å². The Bertz CT molecular complexity index is 924. The highest BCUT2D eigenvalue weighted by Crippen LogP contribution is 2.17. The molecule has 1 aromatic heterocycles. The van der Waals surface area contributed by atoms with Gasteiger partial charge < -0.3 is 20.3 Å². The fourth-order valence-electron chi connectivity index (χ4n) is 3.10. The first kappa shape index (κ1) is 18.9. The third-order valence-electron chi connectivity index (χ3n) is 4.72. The Morgan fingerprint density at radius 3 is 2.38 bits per heavy atom. The second-order valence-electron chi connectivity index (χ2n) is 6.74. The van der Waals surface area contributed by atoms with Crippen LogP contribution in [0.5, 0.6) is 0 Å². The molecular weight excluding hydrogens is 366 g/mol. The predicted molar refractivity (Wildman–Crippen MR) is 113 cm³/mol. The van der Waals surface area contributed by atoms with Crippen LogP contribution in [-0.2, 0) is 11.3 Å². The quantitative estimate of drug-likeness (QED) is 0.674. The molecule has 0 aliphatic carbocycles. The maximum Gasteiger partial charge on any atom is 0.276 e. The zero-order chi connectivity index (χ0) is 19.9. The van der Waals surface area contributed by atoms with E-state index < -0.39 is 0 Å². The van der Waals surface area contributed by atoms with Crippen molar-refractivity contribution in [3.63, 3.8) is 0 Å². The zero-order valence-corrected chi connectivity index (χ0v) is 16.0. The van der Waals surface area contributed by atoms with E-state index in [4.69, 9.17) is 4.74 Å². The molecule has 1 fully saturated rings. The van der Waals surface area contributed by atoms with E-state index in [2.05, 4.69) is 50.0 Å². The Morgan fingerprint density at radius 1 is 0.931 bits per heavy atom. The van der Waals surface area contributed by atoms with Crippen LogP contribution in [0, 0.1) is 0 Å². The van der Waals surface area contributed by atoms with E-state index in [0.717, 1.165) is 37.6 Å². The number of aromatic nitrogens is 2. The lowest BCUT2D eigenvalue weighted by atomic mass is 10.2. The molecule has 4 rings (SSSR count). The van der Waals surface area contributed by atoms with E-state index in [1.54, 1.807) is 12.1 Å². The summed E-state index contributed by atoms with van der Waals surface area (Å²) in [5, 5.41) is 14.2. The number of morpholine rings is 1. The van der Waals surface area contributed by atoms with Crippen LogP contribution in [0.1, 0.15) is 16.1 Å². The minimum absolute atomic E-state index is 0.272. The van der Waals surface area contributed by atoms with Gasteiger partial charge in [-0.2, -0.15) is 0 Å². The lowest BCUT2D eigenvalue weighted by Gasteiger charge is -2.28. The minimum Gasteiger partial charge on any atom is -0.378 e. The molecule has 2 N–H and O–H groups in total. The third-order valence-corrected chi connectivity index (χ3v) is 4.72. The molecule has 0 radical (unpaired) electrons. The molecule has 29 heavy (non-hydrogen) atoms. The van der Waals surface area contributed by atoms with Gasteiger partial charge >= 0.3 is 0 Å². The number of rotatable bonds is 6. The first-order valence-electron chi connectivity index (χ1n) is 9.63. The molecule has 0 unspecified atom stereocenters. The molecule has 1 aliphatic heterocycles. The third kappa shape index (κ3) is 5.08. The molecule has 1 aliphatic rings. The average Bonchev–Trinajstić information content (AvgIpc) is 2.80. The number of benzene rings is 2. The molecular formula is C22H23N5O2. The number of carbonyl (C=O) groups is 1. The summed E-state index contributed by atoms with van der Waals surface area (Å²) >= 11 is 0. The van der Waals surface area contributed by atoms with Crippen molar-refractivity contribution >= 4 is 23.1 Å². The van der Waals surface area contributed by atoms with Gasteiger partial charge in [0.05, 0.1) is 13.2 Å². The lowest BCUT2D eigenvalue weighted by molar-refractivity contribution is 0.102. The predicted octanol–water partition coefficient (Wildman–Crippen LogP) is 3.18. The molecule has 2 aromatic carbocycles. The minimum atomic E-state index is -0.283. The van der Waals surface area contributed by atoms with Gasteiger partial charge in [-0.3, -0.25) is 4.79 Å². The van der Waals surface area contributed by atoms with Crippen molar-refractivity contribution < 1.29 is 9.53 Å². The molecule has 1 amide bonds. The number of ether oxygens (including phenoxy) is 1. The summed E-state index contributed by atoms with van der Waals surface area (Å²) in [7, 11) is 0. The molecule has 1 saturated heterocycles. The number of nitrogens with one attached hydrogen (secondary N) is 2. The van der Waals surface area contributed by atoms with E-state index >= 15 is 0 Å². The standard InChI is InChI=1S/C22H23N5O2/c28-22(24-18-4-2-1-3-5-18)20-10-11-21(26-25-20)23-16-17-6-8-19(9-7-17)27-12-14-29-15-13-27/h1-11H,12-16H2,(H,23,26)(H,24,28).